The summed E-state index contributed by atoms with van der Waals surface area (Å²) < 4.78 is 4.92. The third-order valence-corrected chi connectivity index (χ3v) is 2.60. The number of ether oxygens (including phenoxy) is 1. The zero-order valence-electron chi connectivity index (χ0n) is 9.24. The molecule has 1 aromatic heterocycles. The van der Waals surface area contributed by atoms with Gasteiger partial charge in [-0.15, -0.1) is 0 Å². The fourth-order valence-electron chi connectivity index (χ4n) is 1.58. The van der Waals surface area contributed by atoms with Crippen molar-refractivity contribution in [3.8, 4) is 0 Å². The molecule has 0 spiro atoms. The molecular weight excluding hydrogens is 240 g/mol. The van der Waals surface area contributed by atoms with Gasteiger partial charge in [0.1, 0.15) is 11.0 Å². The first kappa shape index (κ1) is 11.7. The van der Waals surface area contributed by atoms with Crippen molar-refractivity contribution in [2.75, 3.05) is 12.3 Å². The maximum atomic E-state index is 11.6. The van der Waals surface area contributed by atoms with Gasteiger partial charge in [-0.05, 0) is 30.5 Å². The molecule has 1 aromatic carbocycles. The number of carbonyl (C=O) groups is 1. The smallest absolute Gasteiger partial charge is 0.338 e. The van der Waals surface area contributed by atoms with Gasteiger partial charge in [-0.2, -0.15) is 0 Å². The van der Waals surface area contributed by atoms with Crippen LogP contribution in [0.4, 0.5) is 5.82 Å². The van der Waals surface area contributed by atoms with Crippen LogP contribution in [-0.4, -0.2) is 17.6 Å². The number of pyridine rings is 1. The standard InChI is InChI=1S/C12H11ClN2O2/c1-2-17-12(16)7-3-4-9-8(5-7)6-10(14)15-11(9)13/h3-6H,2H2,1H3,(H2,14,15). The Hall–Kier alpha value is -1.81. The lowest BCUT2D eigenvalue weighted by Crippen LogP contribution is -2.04. The molecule has 0 unspecified atom stereocenters. The molecule has 5 heteroatoms. The first-order valence-electron chi connectivity index (χ1n) is 5.14. The number of nitrogens with zero attached hydrogens (tertiary/aromatic N) is 1. The van der Waals surface area contributed by atoms with Crippen LogP contribution in [0, 0.1) is 0 Å². The second-order valence-corrected chi connectivity index (χ2v) is 3.85. The van der Waals surface area contributed by atoms with E-state index in [2.05, 4.69) is 4.98 Å². The van der Waals surface area contributed by atoms with Gasteiger partial charge in [0.2, 0.25) is 0 Å². The number of fused-ring (bicyclic) bond motifs is 1. The first-order chi connectivity index (χ1) is 8.11. The number of anilines is 1. The summed E-state index contributed by atoms with van der Waals surface area (Å²) in [7, 11) is 0. The van der Waals surface area contributed by atoms with Gasteiger partial charge in [-0.3, -0.25) is 0 Å². The van der Waals surface area contributed by atoms with E-state index in [1.54, 1.807) is 31.2 Å². The van der Waals surface area contributed by atoms with E-state index >= 15 is 0 Å². The van der Waals surface area contributed by atoms with Crippen LogP contribution in [0.15, 0.2) is 24.3 Å². The van der Waals surface area contributed by atoms with Gasteiger partial charge in [0.05, 0.1) is 12.2 Å². The van der Waals surface area contributed by atoms with E-state index in [4.69, 9.17) is 22.1 Å². The first-order valence-corrected chi connectivity index (χ1v) is 5.52. The molecular formula is C12H11ClN2O2. The molecule has 2 rings (SSSR count). The number of benzene rings is 1. The van der Waals surface area contributed by atoms with E-state index in [1.807, 2.05) is 0 Å². The molecule has 0 saturated carbocycles. The summed E-state index contributed by atoms with van der Waals surface area (Å²) in [5.74, 6) is -0.0376. The Balaban J connectivity index is 2.54. The van der Waals surface area contributed by atoms with Crippen molar-refractivity contribution in [3.05, 3.63) is 35.0 Å². The minimum absolute atomic E-state index is 0.323. The number of hydrogen-bond donors (Lipinski definition) is 1. The van der Waals surface area contributed by atoms with Crippen LogP contribution in [-0.2, 0) is 4.74 Å². The lowest BCUT2D eigenvalue weighted by atomic mass is 10.1. The number of halogens is 1. The summed E-state index contributed by atoms with van der Waals surface area (Å²) in [6.07, 6.45) is 0. The van der Waals surface area contributed by atoms with Gasteiger partial charge >= 0.3 is 5.97 Å². The topological polar surface area (TPSA) is 65.2 Å². The Labute approximate surface area is 103 Å². The second-order valence-electron chi connectivity index (χ2n) is 3.49. The maximum Gasteiger partial charge on any atom is 0.338 e. The molecule has 0 bridgehead atoms. The number of nitrogens with two attached hydrogens (primary N) is 1. The maximum absolute atomic E-state index is 11.6. The van der Waals surface area contributed by atoms with Crippen molar-refractivity contribution >= 4 is 34.2 Å². The fourth-order valence-corrected chi connectivity index (χ4v) is 1.85. The summed E-state index contributed by atoms with van der Waals surface area (Å²) >= 11 is 5.95. The van der Waals surface area contributed by atoms with E-state index < -0.39 is 0 Å². The van der Waals surface area contributed by atoms with Gasteiger partial charge in [0, 0.05) is 5.39 Å². The molecule has 0 amide bonds. The zero-order valence-corrected chi connectivity index (χ0v) is 9.99. The van der Waals surface area contributed by atoms with Gasteiger partial charge < -0.3 is 10.5 Å². The number of nitrogen functional groups attached to an aromatic ring is 1. The molecule has 0 atom stereocenters. The van der Waals surface area contributed by atoms with Crippen molar-refractivity contribution in [2.45, 2.75) is 6.92 Å². The van der Waals surface area contributed by atoms with Crippen LogP contribution < -0.4 is 5.73 Å². The average Bonchev–Trinajstić information content (AvgIpc) is 2.28. The van der Waals surface area contributed by atoms with Crippen LogP contribution in [0.1, 0.15) is 17.3 Å². The zero-order chi connectivity index (χ0) is 12.4. The highest BCUT2D eigenvalue weighted by molar-refractivity contribution is 6.34. The quantitative estimate of drug-likeness (QED) is 0.657. The Morgan fingerprint density at radius 1 is 1.47 bits per heavy atom. The van der Waals surface area contributed by atoms with Crippen LogP contribution in [0.5, 0.6) is 0 Å². The lowest BCUT2D eigenvalue weighted by molar-refractivity contribution is 0.0526. The van der Waals surface area contributed by atoms with Gasteiger partial charge in [-0.25, -0.2) is 9.78 Å². The Kier molecular flexibility index (Phi) is 3.15. The van der Waals surface area contributed by atoms with Crippen molar-refractivity contribution in [3.63, 3.8) is 0 Å². The summed E-state index contributed by atoms with van der Waals surface area (Å²) in [6.45, 7) is 2.10. The highest BCUT2D eigenvalue weighted by Crippen LogP contribution is 2.24. The molecule has 4 nitrogen and oxygen atoms in total. The Morgan fingerprint density at radius 3 is 2.94 bits per heavy atom. The molecule has 0 aliphatic heterocycles. The van der Waals surface area contributed by atoms with Crippen molar-refractivity contribution in [2.24, 2.45) is 0 Å². The van der Waals surface area contributed by atoms with Crippen LogP contribution in [0.3, 0.4) is 0 Å². The van der Waals surface area contributed by atoms with Gasteiger partial charge in [0.15, 0.2) is 0 Å². The van der Waals surface area contributed by atoms with E-state index in [0.29, 0.717) is 23.1 Å². The largest absolute Gasteiger partial charge is 0.462 e. The number of hydrogen-bond acceptors (Lipinski definition) is 4. The number of rotatable bonds is 2. The monoisotopic (exact) mass is 250 g/mol. The van der Waals surface area contributed by atoms with Crippen molar-refractivity contribution < 1.29 is 9.53 Å². The molecule has 88 valence electrons. The van der Waals surface area contributed by atoms with Gasteiger partial charge in [0.25, 0.3) is 0 Å². The highest BCUT2D eigenvalue weighted by atomic mass is 35.5. The molecule has 2 aromatic rings. The van der Waals surface area contributed by atoms with Gasteiger partial charge in [-0.1, -0.05) is 17.7 Å². The Morgan fingerprint density at radius 2 is 2.24 bits per heavy atom. The number of carbonyl (C=O) groups excluding carboxylic acids is 1. The summed E-state index contributed by atoms with van der Waals surface area (Å²) in [6, 6.07) is 6.75. The van der Waals surface area contributed by atoms with E-state index in [0.717, 1.165) is 10.8 Å². The van der Waals surface area contributed by atoms with E-state index in [-0.39, 0.29) is 5.97 Å². The van der Waals surface area contributed by atoms with Crippen molar-refractivity contribution in [1.29, 1.82) is 0 Å². The SMILES string of the molecule is CCOC(=O)c1ccc2c(Cl)nc(N)cc2c1. The third kappa shape index (κ3) is 2.31. The summed E-state index contributed by atoms with van der Waals surface area (Å²) in [5.41, 5.74) is 6.07. The van der Waals surface area contributed by atoms with Crippen LogP contribution in [0.25, 0.3) is 10.8 Å². The molecule has 0 aliphatic carbocycles. The third-order valence-electron chi connectivity index (χ3n) is 2.32. The molecule has 0 aliphatic rings. The highest BCUT2D eigenvalue weighted by Gasteiger charge is 2.09. The molecule has 1 heterocycles. The summed E-state index contributed by atoms with van der Waals surface area (Å²) in [4.78, 5) is 15.5. The molecule has 0 saturated heterocycles. The molecule has 17 heavy (non-hydrogen) atoms. The van der Waals surface area contributed by atoms with Crippen LogP contribution >= 0.6 is 11.6 Å². The number of esters is 1. The fraction of sp³-hybridized carbons (Fsp3) is 0.167. The van der Waals surface area contributed by atoms with Crippen molar-refractivity contribution in [1.82, 2.24) is 4.98 Å². The molecule has 0 fully saturated rings. The predicted molar refractivity (Wildman–Crippen MR) is 67.1 cm³/mol. The lowest BCUT2D eigenvalue weighted by Gasteiger charge is -2.05. The second kappa shape index (κ2) is 4.59. The van der Waals surface area contributed by atoms with E-state index in [9.17, 15) is 4.79 Å². The minimum atomic E-state index is -0.360. The molecule has 2 N–H and O–H groups in total. The van der Waals surface area contributed by atoms with E-state index in [1.165, 1.54) is 0 Å². The Bertz CT molecular complexity index is 584. The van der Waals surface area contributed by atoms with Crippen LogP contribution in [0.2, 0.25) is 5.15 Å². The molecule has 0 radical (unpaired) electrons. The predicted octanol–water partition coefficient (Wildman–Crippen LogP) is 2.65. The number of aromatic nitrogens is 1. The normalized spacial score (nSPS) is 10.5. The average molecular weight is 251 g/mol. The minimum Gasteiger partial charge on any atom is -0.462 e. The summed E-state index contributed by atoms with van der Waals surface area (Å²) in [5, 5.41) is 1.86.